The summed E-state index contributed by atoms with van der Waals surface area (Å²) in [5.74, 6) is -0.989. The van der Waals surface area contributed by atoms with Crippen molar-refractivity contribution in [2.75, 3.05) is 11.9 Å². The van der Waals surface area contributed by atoms with E-state index in [1.165, 1.54) is 0 Å². The number of hydrogen-bond acceptors (Lipinski definition) is 4. The molecule has 6 nitrogen and oxygen atoms in total. The molecule has 31 heavy (non-hydrogen) atoms. The van der Waals surface area contributed by atoms with Gasteiger partial charge in [-0.25, -0.2) is 4.79 Å². The Hall–Kier alpha value is -3.38. The minimum absolute atomic E-state index is 0.280. The predicted molar refractivity (Wildman–Crippen MR) is 121 cm³/mol. The third-order valence-electron chi connectivity index (χ3n) is 5.07. The highest BCUT2D eigenvalue weighted by atomic mass is 16.5. The SMILES string of the molecule is CCCCC[C@H](O)c1ccc2c(C(=O)Nc3cccc(OCC(=O)O)c3)cccc2c1. The normalized spacial score (nSPS) is 11.8. The van der Waals surface area contributed by atoms with Crippen molar-refractivity contribution >= 4 is 28.3 Å². The van der Waals surface area contributed by atoms with Crippen LogP contribution in [0.1, 0.15) is 54.6 Å². The molecule has 0 saturated carbocycles. The molecule has 0 aliphatic carbocycles. The molecule has 1 amide bonds. The molecule has 3 N–H and O–H groups in total. The Bertz CT molecular complexity index is 1060. The lowest BCUT2D eigenvalue weighted by molar-refractivity contribution is -0.139. The number of benzene rings is 3. The first-order chi connectivity index (χ1) is 15.0. The Morgan fingerprint density at radius 2 is 1.84 bits per heavy atom. The molecule has 0 aliphatic heterocycles. The molecule has 6 heteroatoms. The number of aliphatic hydroxyl groups excluding tert-OH is 1. The largest absolute Gasteiger partial charge is 0.482 e. The molecular weight excluding hydrogens is 394 g/mol. The monoisotopic (exact) mass is 421 g/mol. The molecule has 0 radical (unpaired) electrons. The summed E-state index contributed by atoms with van der Waals surface area (Å²) in [5, 5.41) is 23.7. The number of nitrogens with one attached hydrogen (secondary N) is 1. The number of carbonyl (C=O) groups excluding carboxylic acids is 1. The van der Waals surface area contributed by atoms with Gasteiger partial charge >= 0.3 is 5.97 Å². The van der Waals surface area contributed by atoms with Gasteiger partial charge in [0.05, 0.1) is 6.10 Å². The van der Waals surface area contributed by atoms with E-state index in [4.69, 9.17) is 9.84 Å². The van der Waals surface area contributed by atoms with Crippen molar-refractivity contribution in [1.82, 2.24) is 0 Å². The minimum Gasteiger partial charge on any atom is -0.482 e. The van der Waals surface area contributed by atoms with Gasteiger partial charge in [-0.15, -0.1) is 0 Å². The van der Waals surface area contributed by atoms with Crippen LogP contribution in [0.15, 0.2) is 60.7 Å². The van der Waals surface area contributed by atoms with Gasteiger partial charge in [-0.05, 0) is 47.0 Å². The summed E-state index contributed by atoms with van der Waals surface area (Å²) in [6.07, 6.45) is 3.39. The van der Waals surface area contributed by atoms with Crippen LogP contribution in [0.5, 0.6) is 5.75 Å². The Kier molecular flexibility index (Phi) is 7.62. The smallest absolute Gasteiger partial charge is 0.341 e. The fourth-order valence-corrected chi connectivity index (χ4v) is 3.47. The lowest BCUT2D eigenvalue weighted by Crippen LogP contribution is -2.13. The van der Waals surface area contributed by atoms with Crippen LogP contribution in [0, 0.1) is 0 Å². The van der Waals surface area contributed by atoms with Gasteiger partial charge in [0, 0.05) is 17.3 Å². The van der Waals surface area contributed by atoms with E-state index in [-0.39, 0.29) is 5.91 Å². The molecule has 0 bridgehead atoms. The molecule has 0 spiro atoms. The first-order valence-corrected chi connectivity index (χ1v) is 10.4. The van der Waals surface area contributed by atoms with Gasteiger partial charge in [-0.2, -0.15) is 0 Å². The van der Waals surface area contributed by atoms with E-state index in [1.54, 1.807) is 30.3 Å². The van der Waals surface area contributed by atoms with Crippen LogP contribution in [-0.4, -0.2) is 28.7 Å². The predicted octanol–water partition coefficient (Wildman–Crippen LogP) is 5.17. The van der Waals surface area contributed by atoms with Crippen LogP contribution >= 0.6 is 0 Å². The maximum absolute atomic E-state index is 12.9. The van der Waals surface area contributed by atoms with Crippen molar-refractivity contribution in [3.8, 4) is 5.75 Å². The van der Waals surface area contributed by atoms with E-state index < -0.39 is 18.7 Å². The third kappa shape index (κ3) is 6.06. The topological polar surface area (TPSA) is 95.9 Å². The van der Waals surface area contributed by atoms with Gasteiger partial charge in [0.2, 0.25) is 0 Å². The maximum atomic E-state index is 12.9. The van der Waals surface area contributed by atoms with Gasteiger partial charge in [-0.3, -0.25) is 4.79 Å². The highest BCUT2D eigenvalue weighted by molar-refractivity contribution is 6.13. The van der Waals surface area contributed by atoms with E-state index in [1.807, 2.05) is 30.3 Å². The maximum Gasteiger partial charge on any atom is 0.341 e. The summed E-state index contributed by atoms with van der Waals surface area (Å²) >= 11 is 0. The van der Waals surface area contributed by atoms with E-state index in [9.17, 15) is 14.7 Å². The Balaban J connectivity index is 1.77. The summed E-state index contributed by atoms with van der Waals surface area (Å²) < 4.78 is 5.16. The Morgan fingerprint density at radius 3 is 2.61 bits per heavy atom. The number of aliphatic hydroxyl groups is 1. The quantitative estimate of drug-likeness (QED) is 0.393. The Labute approximate surface area is 181 Å². The molecule has 0 unspecified atom stereocenters. The number of aliphatic carboxylic acids is 1. The first kappa shape index (κ1) is 22.3. The molecule has 0 aromatic heterocycles. The summed E-state index contributed by atoms with van der Waals surface area (Å²) in [6, 6.07) is 17.8. The van der Waals surface area contributed by atoms with Crippen LogP contribution < -0.4 is 10.1 Å². The molecular formula is C25H27NO5. The number of anilines is 1. The number of rotatable bonds is 10. The molecule has 3 rings (SSSR count). The van der Waals surface area contributed by atoms with Crippen molar-refractivity contribution in [2.24, 2.45) is 0 Å². The van der Waals surface area contributed by atoms with Crippen LogP contribution in [0.3, 0.4) is 0 Å². The van der Waals surface area contributed by atoms with Gasteiger partial charge in [0.15, 0.2) is 6.61 Å². The molecule has 0 saturated heterocycles. The van der Waals surface area contributed by atoms with Gasteiger partial charge in [0.25, 0.3) is 5.91 Å². The average molecular weight is 421 g/mol. The number of carboxylic acids is 1. The molecule has 0 heterocycles. The number of fused-ring (bicyclic) bond motifs is 1. The fourth-order valence-electron chi connectivity index (χ4n) is 3.47. The standard InChI is InChI=1S/C25H27NO5/c1-2-3-4-11-23(27)18-12-13-21-17(14-18)7-5-10-22(21)25(30)26-19-8-6-9-20(15-19)31-16-24(28)29/h5-10,12-15,23,27H,2-4,11,16H2,1H3,(H,26,30)(H,28,29)/t23-/m0/s1. The summed E-state index contributed by atoms with van der Waals surface area (Å²) in [7, 11) is 0. The third-order valence-corrected chi connectivity index (χ3v) is 5.07. The zero-order valence-corrected chi connectivity index (χ0v) is 17.5. The number of unbranched alkanes of at least 4 members (excludes halogenated alkanes) is 2. The number of amides is 1. The average Bonchev–Trinajstić information content (AvgIpc) is 2.77. The van der Waals surface area contributed by atoms with Crippen molar-refractivity contribution in [3.63, 3.8) is 0 Å². The molecule has 162 valence electrons. The first-order valence-electron chi connectivity index (χ1n) is 10.4. The minimum atomic E-state index is -1.07. The molecule has 1 atom stereocenters. The summed E-state index contributed by atoms with van der Waals surface area (Å²) in [6.45, 7) is 1.68. The molecule has 3 aromatic carbocycles. The van der Waals surface area contributed by atoms with Crippen molar-refractivity contribution in [1.29, 1.82) is 0 Å². The number of carbonyl (C=O) groups is 2. The lowest BCUT2D eigenvalue weighted by atomic mass is 9.97. The summed E-state index contributed by atoms with van der Waals surface area (Å²) in [5.41, 5.74) is 1.87. The highest BCUT2D eigenvalue weighted by Crippen LogP contribution is 2.27. The van der Waals surface area contributed by atoms with E-state index in [0.29, 0.717) is 17.0 Å². The number of ether oxygens (including phenoxy) is 1. The fraction of sp³-hybridized carbons (Fsp3) is 0.280. The van der Waals surface area contributed by atoms with Crippen molar-refractivity contribution < 1.29 is 24.5 Å². The van der Waals surface area contributed by atoms with Crippen LogP contribution in [0.2, 0.25) is 0 Å². The highest BCUT2D eigenvalue weighted by Gasteiger charge is 2.13. The zero-order valence-electron chi connectivity index (χ0n) is 17.5. The van der Waals surface area contributed by atoms with Crippen molar-refractivity contribution in [2.45, 2.75) is 38.7 Å². The van der Waals surface area contributed by atoms with Gasteiger partial charge in [-0.1, -0.05) is 56.5 Å². The van der Waals surface area contributed by atoms with E-state index in [0.717, 1.165) is 42.0 Å². The van der Waals surface area contributed by atoms with Crippen LogP contribution in [-0.2, 0) is 4.79 Å². The Morgan fingerprint density at radius 1 is 1.03 bits per heavy atom. The van der Waals surface area contributed by atoms with Crippen LogP contribution in [0.25, 0.3) is 10.8 Å². The second-order valence-corrected chi connectivity index (χ2v) is 7.46. The molecule has 3 aromatic rings. The molecule has 0 aliphatic rings. The van der Waals surface area contributed by atoms with Gasteiger partial charge in [0.1, 0.15) is 5.75 Å². The molecule has 0 fully saturated rings. The van der Waals surface area contributed by atoms with Gasteiger partial charge < -0.3 is 20.3 Å². The summed E-state index contributed by atoms with van der Waals surface area (Å²) in [4.78, 5) is 23.6. The second kappa shape index (κ2) is 10.6. The van der Waals surface area contributed by atoms with Crippen molar-refractivity contribution in [3.05, 3.63) is 71.8 Å². The van der Waals surface area contributed by atoms with E-state index >= 15 is 0 Å². The lowest BCUT2D eigenvalue weighted by Gasteiger charge is -2.13. The van der Waals surface area contributed by atoms with Crippen LogP contribution in [0.4, 0.5) is 5.69 Å². The zero-order chi connectivity index (χ0) is 22.2. The second-order valence-electron chi connectivity index (χ2n) is 7.46. The number of carboxylic acid groups (broad SMARTS) is 1. The number of hydrogen-bond donors (Lipinski definition) is 3. The van der Waals surface area contributed by atoms with E-state index in [2.05, 4.69) is 12.2 Å².